The molecule has 5 fully saturated rings. The Morgan fingerprint density at radius 1 is 0.803 bits per heavy atom. The van der Waals surface area contributed by atoms with Gasteiger partial charge in [0.1, 0.15) is 18.4 Å². The number of carbonyl (C=O) groups is 4. The van der Waals surface area contributed by atoms with Crippen LogP contribution in [-0.4, -0.2) is 119 Å². The van der Waals surface area contributed by atoms with Gasteiger partial charge in [-0.25, -0.2) is 14.8 Å². The SMILES string of the molecule is [C-]#[N+]c1cc(Cl)cc(C(C)(C)c2ccc(OCc3ccnc(N4CC5CN(C6CCN(CC7CCN(c8ccc9c(c8)C(=O)N(C8CCC(=O)NC8=O)C9=O)CC7)CC6)CC5C4)n3)cc2)c1. The van der Waals surface area contributed by atoms with Gasteiger partial charge >= 0.3 is 0 Å². The Bertz CT molecular complexity index is 2570. The highest BCUT2D eigenvalue weighted by Gasteiger charge is 2.46. The molecular weight excluding hydrogens is 854 g/mol. The number of anilines is 2. The van der Waals surface area contributed by atoms with Gasteiger partial charge in [0, 0.05) is 80.6 Å². The van der Waals surface area contributed by atoms with E-state index in [1.807, 2.05) is 48.7 Å². The lowest BCUT2D eigenvalue weighted by Crippen LogP contribution is -2.54. The minimum Gasteiger partial charge on any atom is -0.487 e. The molecule has 6 aliphatic rings. The van der Waals surface area contributed by atoms with Crippen molar-refractivity contribution in [3.63, 3.8) is 0 Å². The van der Waals surface area contributed by atoms with Crippen LogP contribution in [-0.2, 0) is 21.6 Å². The van der Waals surface area contributed by atoms with Gasteiger partial charge in [0.2, 0.25) is 17.8 Å². The van der Waals surface area contributed by atoms with E-state index in [-0.39, 0.29) is 24.2 Å². The fourth-order valence-corrected chi connectivity index (χ4v) is 11.5. The van der Waals surface area contributed by atoms with E-state index >= 15 is 0 Å². The van der Waals surface area contributed by atoms with Crippen molar-refractivity contribution >= 4 is 52.6 Å². The second kappa shape index (κ2) is 18.1. The van der Waals surface area contributed by atoms with Crippen LogP contribution in [0.4, 0.5) is 17.3 Å². The first-order chi connectivity index (χ1) is 31.9. The van der Waals surface area contributed by atoms with E-state index in [2.05, 4.69) is 60.7 Å². The molecule has 10 rings (SSSR count). The van der Waals surface area contributed by atoms with Gasteiger partial charge in [-0.3, -0.25) is 34.3 Å². The van der Waals surface area contributed by atoms with Gasteiger partial charge in [-0.15, -0.1) is 0 Å². The number of imide groups is 2. The third kappa shape index (κ3) is 8.76. The molecular formula is C51H56ClN9O5. The van der Waals surface area contributed by atoms with Crippen LogP contribution in [0, 0.1) is 24.3 Å². The van der Waals surface area contributed by atoms with Gasteiger partial charge in [0.15, 0.2) is 5.69 Å². The Labute approximate surface area is 391 Å². The number of carbonyl (C=O) groups excluding carboxylic acids is 4. The van der Waals surface area contributed by atoms with E-state index in [9.17, 15) is 19.2 Å². The minimum atomic E-state index is -0.958. The summed E-state index contributed by atoms with van der Waals surface area (Å²) in [5, 5.41) is 2.83. The Kier molecular flexibility index (Phi) is 12.0. The maximum absolute atomic E-state index is 13.4. The number of halogens is 1. The topological polar surface area (TPSA) is 136 Å². The van der Waals surface area contributed by atoms with Crippen molar-refractivity contribution in [1.29, 1.82) is 0 Å². The number of hydrogen-bond acceptors (Lipinski definition) is 11. The van der Waals surface area contributed by atoms with Crippen LogP contribution in [0.5, 0.6) is 5.75 Å². The highest BCUT2D eigenvalue weighted by Crippen LogP contribution is 2.38. The summed E-state index contributed by atoms with van der Waals surface area (Å²) in [5.74, 6) is 1.51. The molecule has 0 aliphatic carbocycles. The molecule has 66 heavy (non-hydrogen) atoms. The monoisotopic (exact) mass is 909 g/mol. The van der Waals surface area contributed by atoms with E-state index in [4.69, 9.17) is 27.9 Å². The number of likely N-dealkylation sites (tertiary alicyclic amines) is 2. The lowest BCUT2D eigenvalue weighted by atomic mass is 9.78. The number of nitrogens with one attached hydrogen (secondary N) is 1. The number of aromatic nitrogens is 2. The first-order valence-electron chi connectivity index (χ1n) is 23.5. The average Bonchev–Trinajstić information content (AvgIpc) is 3.99. The molecule has 6 aliphatic heterocycles. The van der Waals surface area contributed by atoms with E-state index in [0.29, 0.717) is 52.2 Å². The fraction of sp³-hybridized carbons (Fsp3) is 0.471. The van der Waals surface area contributed by atoms with Crippen LogP contribution in [0.25, 0.3) is 4.85 Å². The van der Waals surface area contributed by atoms with Gasteiger partial charge in [0.25, 0.3) is 11.8 Å². The van der Waals surface area contributed by atoms with Gasteiger partial charge < -0.3 is 19.4 Å². The highest BCUT2D eigenvalue weighted by molar-refractivity contribution is 6.31. The van der Waals surface area contributed by atoms with Crippen LogP contribution in [0.1, 0.15) is 89.9 Å². The lowest BCUT2D eigenvalue weighted by molar-refractivity contribution is -0.136. The largest absolute Gasteiger partial charge is 0.487 e. The van der Waals surface area contributed by atoms with Crippen molar-refractivity contribution in [1.82, 2.24) is 30.0 Å². The first kappa shape index (κ1) is 44.0. The zero-order valence-corrected chi connectivity index (χ0v) is 38.4. The molecule has 1 aromatic heterocycles. The van der Waals surface area contributed by atoms with Crippen LogP contribution >= 0.6 is 11.6 Å². The van der Waals surface area contributed by atoms with Crippen molar-refractivity contribution in [3.8, 4) is 5.75 Å². The maximum atomic E-state index is 13.4. The maximum Gasteiger partial charge on any atom is 0.262 e. The van der Waals surface area contributed by atoms with Crippen LogP contribution < -0.4 is 19.9 Å². The average molecular weight is 911 g/mol. The van der Waals surface area contributed by atoms with Gasteiger partial charge in [-0.2, -0.15) is 0 Å². The number of hydrogen-bond donors (Lipinski definition) is 1. The zero-order chi connectivity index (χ0) is 45.7. The number of ether oxygens (including phenoxy) is 1. The number of benzene rings is 3. The Balaban J connectivity index is 0.652. The minimum absolute atomic E-state index is 0.104. The molecule has 3 unspecified atom stereocenters. The Morgan fingerprint density at radius 2 is 1.53 bits per heavy atom. The molecule has 5 saturated heterocycles. The molecule has 4 amide bonds. The van der Waals surface area contributed by atoms with E-state index in [1.165, 1.54) is 12.8 Å². The summed E-state index contributed by atoms with van der Waals surface area (Å²) in [6.45, 7) is 21.4. The van der Waals surface area contributed by atoms with E-state index in [0.717, 1.165) is 111 Å². The molecule has 4 aromatic rings. The van der Waals surface area contributed by atoms with Crippen molar-refractivity contribution in [2.75, 3.05) is 68.7 Å². The summed E-state index contributed by atoms with van der Waals surface area (Å²) in [4.78, 5) is 75.0. The summed E-state index contributed by atoms with van der Waals surface area (Å²) in [5.41, 5.74) is 4.72. The van der Waals surface area contributed by atoms with Crippen molar-refractivity contribution in [2.45, 2.75) is 76.5 Å². The summed E-state index contributed by atoms with van der Waals surface area (Å²) in [6, 6.07) is 20.7. The highest BCUT2D eigenvalue weighted by atomic mass is 35.5. The third-order valence-electron chi connectivity index (χ3n) is 15.2. The summed E-state index contributed by atoms with van der Waals surface area (Å²) < 4.78 is 6.19. The molecule has 0 bridgehead atoms. The van der Waals surface area contributed by atoms with Crippen molar-refractivity contribution in [3.05, 3.63) is 117 Å². The van der Waals surface area contributed by atoms with Crippen LogP contribution in [0.3, 0.4) is 0 Å². The summed E-state index contributed by atoms with van der Waals surface area (Å²) in [6.07, 6.45) is 6.66. The van der Waals surface area contributed by atoms with E-state index < -0.39 is 23.8 Å². The first-order valence-corrected chi connectivity index (χ1v) is 23.8. The Morgan fingerprint density at radius 3 is 2.24 bits per heavy atom. The number of fused-ring (bicyclic) bond motifs is 2. The molecule has 7 heterocycles. The third-order valence-corrected chi connectivity index (χ3v) is 15.4. The second-order valence-corrected chi connectivity index (χ2v) is 20.1. The molecule has 3 aromatic carbocycles. The number of rotatable bonds is 11. The number of nitrogens with zero attached hydrogens (tertiary/aromatic N) is 8. The fourth-order valence-electron chi connectivity index (χ4n) is 11.3. The molecule has 0 saturated carbocycles. The van der Waals surface area contributed by atoms with Crippen LogP contribution in [0.15, 0.2) is 72.9 Å². The summed E-state index contributed by atoms with van der Waals surface area (Å²) in [7, 11) is 0. The molecule has 0 radical (unpaired) electrons. The lowest BCUT2D eigenvalue weighted by Gasteiger charge is -2.40. The van der Waals surface area contributed by atoms with E-state index in [1.54, 1.807) is 12.1 Å². The summed E-state index contributed by atoms with van der Waals surface area (Å²) >= 11 is 6.33. The molecule has 3 atom stereocenters. The van der Waals surface area contributed by atoms with Gasteiger partial charge in [-0.05, 0) is 123 Å². The molecule has 14 nitrogen and oxygen atoms in total. The normalized spacial score (nSPS) is 23.3. The second-order valence-electron chi connectivity index (χ2n) is 19.6. The quantitative estimate of drug-likeness (QED) is 0.127. The smallest absolute Gasteiger partial charge is 0.262 e. The molecule has 342 valence electrons. The predicted octanol–water partition coefficient (Wildman–Crippen LogP) is 6.74. The molecule has 1 N–H and O–H groups in total. The van der Waals surface area contributed by atoms with Crippen molar-refractivity contribution < 1.29 is 23.9 Å². The molecule has 0 spiro atoms. The zero-order valence-electron chi connectivity index (χ0n) is 37.6. The molecule has 15 heteroatoms. The predicted molar refractivity (Wildman–Crippen MR) is 251 cm³/mol. The van der Waals surface area contributed by atoms with Gasteiger partial charge in [0.05, 0.1) is 23.4 Å². The number of amides is 4. The van der Waals surface area contributed by atoms with Gasteiger partial charge in [-0.1, -0.05) is 43.6 Å². The number of piperidine rings is 3. The van der Waals surface area contributed by atoms with Crippen LogP contribution in [0.2, 0.25) is 5.02 Å². The Hall–Kier alpha value is -5.88. The van der Waals surface area contributed by atoms with Crippen molar-refractivity contribution in [2.24, 2.45) is 17.8 Å². The standard InChI is InChI=1S/C51H56ClN9O5/c1-51(2,36-22-37(52)24-39(23-36)53-3)35-4-7-42(8-5-35)66-31-38-12-17-54-50(55-38)60-29-33-27-59(28-34(33)30-60)40-15-18-57(19-16-40)26-32-13-20-58(21-14-32)41-6-9-43-44(25-41)49(65)61(48(43)64)45-10-11-46(62)56-47(45)63/h4-9,12,17,22-25,32-34,40,45H,10-11,13-16,18-21,26-31H2,1-2H3,(H,56,62,63).